The third-order valence-electron chi connectivity index (χ3n) is 7.24. The lowest BCUT2D eigenvalue weighted by atomic mass is 9.98. The van der Waals surface area contributed by atoms with Crippen LogP contribution in [0.4, 0.5) is 13.2 Å². The lowest BCUT2D eigenvalue weighted by Crippen LogP contribution is -2.42. The zero-order valence-electron chi connectivity index (χ0n) is 22.0. The number of thioether (sulfide) groups is 1. The van der Waals surface area contributed by atoms with Crippen LogP contribution in [0.5, 0.6) is 11.5 Å². The molecule has 1 saturated heterocycles. The monoisotopic (exact) mass is 610 g/mol. The molecule has 0 radical (unpaired) electrons. The first-order valence-electron chi connectivity index (χ1n) is 12.7. The van der Waals surface area contributed by atoms with Crippen molar-refractivity contribution in [3.8, 4) is 17.2 Å². The number of carboxylic acids is 1. The number of rotatable bonds is 6. The van der Waals surface area contributed by atoms with Crippen LogP contribution in [0.2, 0.25) is 5.02 Å². The molecule has 1 amide bonds. The minimum absolute atomic E-state index is 0.0367. The number of alkyl halides is 3. The van der Waals surface area contributed by atoms with E-state index in [1.165, 1.54) is 43.0 Å². The fraction of sp³-hybridized carbons (Fsp3) is 0.407. The first-order chi connectivity index (χ1) is 19.5. The van der Waals surface area contributed by atoms with E-state index in [0.29, 0.717) is 47.0 Å². The molecule has 0 spiro atoms. The lowest BCUT2D eigenvalue weighted by Gasteiger charge is -2.32. The van der Waals surface area contributed by atoms with Crippen molar-refractivity contribution < 1.29 is 37.3 Å². The van der Waals surface area contributed by atoms with Crippen LogP contribution in [-0.4, -0.2) is 64.0 Å². The van der Waals surface area contributed by atoms with Gasteiger partial charge in [0.15, 0.2) is 17.3 Å². The Hall–Kier alpha value is -3.45. The number of piperidine rings is 1. The Labute approximate surface area is 242 Å². The average Bonchev–Trinajstić information content (AvgIpc) is 3.36. The lowest BCUT2D eigenvalue weighted by molar-refractivity contribution is -0.146. The Morgan fingerprint density at radius 1 is 1.15 bits per heavy atom. The van der Waals surface area contributed by atoms with Crippen LogP contribution in [0, 0.1) is 5.92 Å². The van der Waals surface area contributed by atoms with E-state index in [1.54, 1.807) is 24.3 Å². The van der Waals surface area contributed by atoms with Gasteiger partial charge in [-0.05, 0) is 42.7 Å². The molecule has 0 saturated carbocycles. The van der Waals surface area contributed by atoms with E-state index >= 15 is 0 Å². The van der Waals surface area contributed by atoms with Gasteiger partial charge in [-0.2, -0.15) is 13.2 Å². The normalized spacial score (nSPS) is 20.5. The van der Waals surface area contributed by atoms with Gasteiger partial charge in [-0.25, -0.2) is 0 Å². The number of ether oxygens (including phenoxy) is 2. The average molecular weight is 611 g/mol. The minimum atomic E-state index is -4.84. The molecule has 1 fully saturated rings. The molecule has 41 heavy (non-hydrogen) atoms. The number of aromatic nitrogens is 3. The number of hydrogen-bond donors (Lipinski definition) is 1. The van der Waals surface area contributed by atoms with Crippen molar-refractivity contribution in [2.45, 2.75) is 35.9 Å². The summed E-state index contributed by atoms with van der Waals surface area (Å²) in [6.45, 7) is 0.401. The summed E-state index contributed by atoms with van der Waals surface area (Å²) in [5, 5.41) is 15.7. The maximum atomic E-state index is 14.2. The van der Waals surface area contributed by atoms with E-state index in [9.17, 15) is 27.9 Å². The van der Waals surface area contributed by atoms with E-state index in [0.717, 1.165) is 4.57 Å². The first-order valence-corrected chi connectivity index (χ1v) is 14.0. The van der Waals surface area contributed by atoms with Crippen molar-refractivity contribution in [1.29, 1.82) is 0 Å². The van der Waals surface area contributed by atoms with Gasteiger partial charge < -0.3 is 19.5 Å². The van der Waals surface area contributed by atoms with Gasteiger partial charge >= 0.3 is 12.1 Å². The number of benzene rings is 2. The van der Waals surface area contributed by atoms with Crippen molar-refractivity contribution >= 4 is 35.2 Å². The zero-order chi connectivity index (χ0) is 29.5. The molecule has 2 aromatic carbocycles. The van der Waals surface area contributed by atoms with Crippen molar-refractivity contribution in [2.24, 2.45) is 5.92 Å². The number of carbonyl (C=O) groups is 2. The highest BCUT2D eigenvalue weighted by molar-refractivity contribution is 8.00. The van der Waals surface area contributed by atoms with Crippen molar-refractivity contribution in [3.63, 3.8) is 0 Å². The molecule has 3 atom stereocenters. The van der Waals surface area contributed by atoms with Gasteiger partial charge in [-0.1, -0.05) is 23.7 Å². The summed E-state index contributed by atoms with van der Waals surface area (Å²) in [5.41, 5.74) is 1.22. The number of aliphatic carboxylic acids is 1. The fourth-order valence-corrected chi connectivity index (χ4v) is 7.04. The largest absolute Gasteiger partial charge is 0.493 e. The second-order valence-electron chi connectivity index (χ2n) is 9.73. The number of carbonyl (C=O) groups excluding carboxylic acids is 1. The first kappa shape index (κ1) is 29.1. The molecule has 9 nitrogen and oxygen atoms in total. The fourth-order valence-electron chi connectivity index (χ4n) is 5.35. The summed E-state index contributed by atoms with van der Waals surface area (Å²) in [6, 6.07) is 9.78. The van der Waals surface area contributed by atoms with Crippen LogP contribution in [0.1, 0.15) is 52.5 Å². The zero-order valence-corrected chi connectivity index (χ0v) is 23.6. The third-order valence-corrected chi connectivity index (χ3v) is 8.96. The highest BCUT2D eigenvalue weighted by atomic mass is 35.5. The summed E-state index contributed by atoms with van der Waals surface area (Å²) in [5.74, 6) is -2.52. The van der Waals surface area contributed by atoms with E-state index < -0.39 is 34.4 Å². The number of amides is 1. The topological polar surface area (TPSA) is 107 Å². The van der Waals surface area contributed by atoms with Crippen LogP contribution in [0.3, 0.4) is 0 Å². The van der Waals surface area contributed by atoms with Gasteiger partial charge in [0, 0.05) is 30.1 Å². The second kappa shape index (κ2) is 11.4. The van der Waals surface area contributed by atoms with Crippen LogP contribution in [0.25, 0.3) is 5.69 Å². The molecular formula is C27H26ClF3N4O5S. The van der Waals surface area contributed by atoms with Crippen LogP contribution < -0.4 is 9.47 Å². The highest BCUT2D eigenvalue weighted by Gasteiger charge is 2.44. The number of halogens is 4. The molecule has 3 aromatic rings. The summed E-state index contributed by atoms with van der Waals surface area (Å²) in [7, 11) is 2.95. The van der Waals surface area contributed by atoms with Gasteiger partial charge in [0.1, 0.15) is 0 Å². The van der Waals surface area contributed by atoms with E-state index in [4.69, 9.17) is 21.1 Å². The van der Waals surface area contributed by atoms with E-state index in [2.05, 4.69) is 10.2 Å². The highest BCUT2D eigenvalue weighted by Crippen LogP contribution is 2.54. The van der Waals surface area contributed by atoms with Crippen LogP contribution in [0.15, 0.2) is 36.4 Å². The predicted molar refractivity (Wildman–Crippen MR) is 145 cm³/mol. The van der Waals surface area contributed by atoms with Crippen molar-refractivity contribution in [1.82, 2.24) is 19.7 Å². The Bertz CT molecular complexity index is 1480. The molecule has 1 aromatic heterocycles. The number of nitrogens with zero attached hydrogens (tertiary/aromatic N) is 4. The van der Waals surface area contributed by atoms with Crippen LogP contribution >= 0.6 is 23.4 Å². The molecule has 218 valence electrons. The number of carboxylic acid groups (broad SMARTS) is 1. The maximum Gasteiger partial charge on any atom is 0.452 e. The number of hydrogen-bond acceptors (Lipinski definition) is 7. The Morgan fingerprint density at radius 2 is 1.93 bits per heavy atom. The molecule has 14 heteroatoms. The Balaban J connectivity index is 1.66. The third kappa shape index (κ3) is 5.56. The SMILES string of the molecule is COc1cccc(C2SC(CC(=O)N3CCC[C@H](C(=O)O)C3)c3nnc(C(F)(F)F)n3-c3ccc(Cl)cc32)c1OC. The molecule has 2 aliphatic heterocycles. The second-order valence-corrected chi connectivity index (χ2v) is 11.5. The quantitative estimate of drug-likeness (QED) is 0.387. The standard InChI is InChI=1S/C27H26ClF3N4O5S/c1-39-19-7-3-6-16(22(19)40-2)23-17-11-15(28)8-9-18(17)35-24(32-33-26(35)27(29,30)31)20(41-23)12-21(36)34-10-4-5-14(13-34)25(37)38/h3,6-9,11,14,20,23H,4-5,10,12-13H2,1-2H3,(H,37,38)/t14-,20?,23?/m0/s1. The van der Waals surface area contributed by atoms with Gasteiger partial charge in [-0.15, -0.1) is 22.0 Å². The molecule has 5 rings (SSSR count). The Kier molecular flexibility index (Phi) is 8.11. The molecule has 0 bridgehead atoms. The number of likely N-dealkylation sites (tertiary alicyclic amines) is 1. The van der Waals surface area contributed by atoms with Crippen molar-refractivity contribution in [2.75, 3.05) is 27.3 Å². The van der Waals surface area contributed by atoms with Gasteiger partial charge in [-0.3, -0.25) is 14.2 Å². The molecular weight excluding hydrogens is 585 g/mol. The van der Waals surface area contributed by atoms with E-state index in [-0.39, 0.29) is 30.4 Å². The summed E-state index contributed by atoms with van der Waals surface area (Å²) < 4.78 is 54.8. The molecule has 3 heterocycles. The molecule has 2 aliphatic rings. The number of fused-ring (bicyclic) bond motifs is 3. The van der Waals surface area contributed by atoms with Crippen molar-refractivity contribution in [3.05, 3.63) is 64.2 Å². The summed E-state index contributed by atoms with van der Waals surface area (Å²) in [4.78, 5) is 26.6. The number of para-hydroxylation sites is 1. The number of methoxy groups -OCH3 is 2. The summed E-state index contributed by atoms with van der Waals surface area (Å²) in [6.07, 6.45) is -4.09. The molecule has 2 unspecified atom stereocenters. The smallest absolute Gasteiger partial charge is 0.452 e. The van der Waals surface area contributed by atoms with Gasteiger partial charge in [0.05, 0.1) is 36.3 Å². The minimum Gasteiger partial charge on any atom is -0.493 e. The predicted octanol–water partition coefficient (Wildman–Crippen LogP) is 5.55. The van der Waals surface area contributed by atoms with Gasteiger partial charge in [0.2, 0.25) is 11.7 Å². The molecule has 1 N–H and O–H groups in total. The summed E-state index contributed by atoms with van der Waals surface area (Å²) >= 11 is 7.59. The van der Waals surface area contributed by atoms with Crippen LogP contribution in [-0.2, 0) is 15.8 Å². The van der Waals surface area contributed by atoms with Gasteiger partial charge in [0.25, 0.3) is 0 Å². The maximum absolute atomic E-state index is 14.2. The van der Waals surface area contributed by atoms with E-state index in [1.807, 2.05) is 0 Å². The Morgan fingerprint density at radius 3 is 2.61 bits per heavy atom. The molecule has 0 aliphatic carbocycles.